The van der Waals surface area contributed by atoms with Crippen LogP contribution in [0.5, 0.6) is 0 Å². The fourth-order valence-electron chi connectivity index (χ4n) is 2.20. The third-order valence-electron chi connectivity index (χ3n) is 2.96. The minimum atomic E-state index is 0.933. The van der Waals surface area contributed by atoms with E-state index in [4.69, 9.17) is 0 Å². The average molecular weight is 139 g/mol. The van der Waals surface area contributed by atoms with Crippen LogP contribution in [0, 0.1) is 18.8 Å². The Morgan fingerprint density at radius 2 is 2.00 bits per heavy atom. The summed E-state index contributed by atoms with van der Waals surface area (Å²) in [6.07, 6.45) is 8.40. The second-order valence-corrected chi connectivity index (χ2v) is 3.50. The van der Waals surface area contributed by atoms with Gasteiger partial charge in [0.1, 0.15) is 0 Å². The smallest absolute Gasteiger partial charge is 0.0386 e. The van der Waals surface area contributed by atoms with Gasteiger partial charge in [-0.3, -0.25) is 0 Å². The zero-order valence-corrected chi connectivity index (χ0v) is 7.10. The highest BCUT2D eigenvalue weighted by atomic mass is 14.3. The summed E-state index contributed by atoms with van der Waals surface area (Å²) < 4.78 is 0. The summed E-state index contributed by atoms with van der Waals surface area (Å²) in [4.78, 5) is 0. The summed E-state index contributed by atoms with van der Waals surface area (Å²) in [7, 11) is 0. The molecule has 1 saturated carbocycles. The molecule has 1 radical (unpaired) electrons. The van der Waals surface area contributed by atoms with E-state index in [1.165, 1.54) is 32.1 Å². The van der Waals surface area contributed by atoms with Crippen LogP contribution >= 0.6 is 0 Å². The van der Waals surface area contributed by atoms with Crippen LogP contribution in [0.25, 0.3) is 0 Å². The van der Waals surface area contributed by atoms with E-state index in [-0.39, 0.29) is 0 Å². The fourth-order valence-corrected chi connectivity index (χ4v) is 2.20. The largest absolute Gasteiger partial charge is 0.0651 e. The van der Waals surface area contributed by atoms with Gasteiger partial charge in [0.15, 0.2) is 0 Å². The third kappa shape index (κ3) is 1.74. The van der Waals surface area contributed by atoms with Gasteiger partial charge < -0.3 is 0 Å². The maximum atomic E-state index is 4.00. The molecule has 1 aliphatic carbocycles. The molecule has 0 N–H and O–H groups in total. The maximum absolute atomic E-state index is 4.00. The lowest BCUT2D eigenvalue weighted by atomic mass is 9.87. The SMILES string of the molecule is [CH2]CC(CC)C1CCCC1. The van der Waals surface area contributed by atoms with Crippen molar-refractivity contribution in [3.8, 4) is 0 Å². The highest BCUT2D eigenvalue weighted by molar-refractivity contribution is 4.74. The van der Waals surface area contributed by atoms with Crippen LogP contribution in [0.2, 0.25) is 0 Å². The highest BCUT2D eigenvalue weighted by Gasteiger charge is 2.21. The molecule has 1 unspecified atom stereocenters. The van der Waals surface area contributed by atoms with Gasteiger partial charge in [0.2, 0.25) is 0 Å². The maximum Gasteiger partial charge on any atom is -0.0386 e. The summed E-state index contributed by atoms with van der Waals surface area (Å²) in [5, 5.41) is 0. The first kappa shape index (κ1) is 8.10. The molecule has 0 aromatic heterocycles. The topological polar surface area (TPSA) is 0 Å². The lowest BCUT2D eigenvalue weighted by Gasteiger charge is -2.19. The average Bonchev–Trinajstić information content (AvgIpc) is 2.43. The molecular formula is C10H19. The van der Waals surface area contributed by atoms with Crippen molar-refractivity contribution in [3.63, 3.8) is 0 Å². The van der Waals surface area contributed by atoms with E-state index in [9.17, 15) is 0 Å². The van der Waals surface area contributed by atoms with Crippen molar-refractivity contribution in [3.05, 3.63) is 6.92 Å². The number of rotatable bonds is 3. The molecule has 1 atom stereocenters. The molecule has 10 heavy (non-hydrogen) atoms. The van der Waals surface area contributed by atoms with Gasteiger partial charge >= 0.3 is 0 Å². The molecule has 0 saturated heterocycles. The van der Waals surface area contributed by atoms with Crippen molar-refractivity contribution in [2.45, 2.75) is 45.4 Å². The van der Waals surface area contributed by atoms with Gasteiger partial charge in [0.05, 0.1) is 0 Å². The Labute approximate surface area is 65.0 Å². The van der Waals surface area contributed by atoms with E-state index in [2.05, 4.69) is 13.8 Å². The number of hydrogen-bond donors (Lipinski definition) is 0. The quantitative estimate of drug-likeness (QED) is 0.562. The molecule has 0 nitrogen and oxygen atoms in total. The van der Waals surface area contributed by atoms with Crippen LogP contribution in [0.15, 0.2) is 0 Å². The molecule has 1 aliphatic rings. The van der Waals surface area contributed by atoms with Crippen LogP contribution in [-0.4, -0.2) is 0 Å². The Bertz CT molecular complexity index is 76.0. The van der Waals surface area contributed by atoms with Gasteiger partial charge in [-0.25, -0.2) is 0 Å². The molecule has 0 amide bonds. The van der Waals surface area contributed by atoms with E-state index in [1.54, 1.807) is 0 Å². The molecule has 0 aliphatic heterocycles. The molecule has 0 aromatic carbocycles. The summed E-state index contributed by atoms with van der Waals surface area (Å²) in [6, 6.07) is 0. The molecular weight excluding hydrogens is 120 g/mol. The van der Waals surface area contributed by atoms with Gasteiger partial charge in [0, 0.05) is 0 Å². The van der Waals surface area contributed by atoms with Crippen LogP contribution in [0.3, 0.4) is 0 Å². The van der Waals surface area contributed by atoms with Gasteiger partial charge in [-0.05, 0) is 11.8 Å². The number of hydrogen-bond acceptors (Lipinski definition) is 0. The molecule has 1 fully saturated rings. The predicted octanol–water partition coefficient (Wildman–Crippen LogP) is 3.43. The Morgan fingerprint density at radius 3 is 2.40 bits per heavy atom. The standard InChI is InChI=1S/C10H19/c1-3-9(4-2)10-7-5-6-8-10/h9-10H,1,3-8H2,2H3. The van der Waals surface area contributed by atoms with Crippen molar-refractivity contribution in [2.75, 3.05) is 0 Å². The van der Waals surface area contributed by atoms with Crippen LogP contribution in [0.4, 0.5) is 0 Å². The Morgan fingerprint density at radius 1 is 1.40 bits per heavy atom. The van der Waals surface area contributed by atoms with Gasteiger partial charge in [-0.15, -0.1) is 0 Å². The molecule has 0 aromatic rings. The molecule has 59 valence electrons. The van der Waals surface area contributed by atoms with Crippen molar-refractivity contribution >= 4 is 0 Å². The lowest BCUT2D eigenvalue weighted by molar-refractivity contribution is 0.331. The van der Waals surface area contributed by atoms with Gasteiger partial charge in [-0.1, -0.05) is 52.4 Å². The lowest BCUT2D eigenvalue weighted by Crippen LogP contribution is -2.08. The van der Waals surface area contributed by atoms with E-state index in [0.29, 0.717) is 0 Å². The fraction of sp³-hybridized carbons (Fsp3) is 0.900. The first-order valence-electron chi connectivity index (χ1n) is 4.67. The van der Waals surface area contributed by atoms with Crippen molar-refractivity contribution in [1.29, 1.82) is 0 Å². The molecule has 0 heteroatoms. The van der Waals surface area contributed by atoms with E-state index < -0.39 is 0 Å². The summed E-state index contributed by atoms with van der Waals surface area (Å²) in [6.45, 7) is 6.30. The first-order valence-corrected chi connectivity index (χ1v) is 4.67. The van der Waals surface area contributed by atoms with Crippen LogP contribution in [-0.2, 0) is 0 Å². The molecule has 0 heterocycles. The van der Waals surface area contributed by atoms with E-state index in [1.807, 2.05) is 0 Å². The van der Waals surface area contributed by atoms with Gasteiger partial charge in [-0.2, -0.15) is 0 Å². The Hall–Kier alpha value is 0. The van der Waals surface area contributed by atoms with Crippen molar-refractivity contribution < 1.29 is 0 Å². The zero-order valence-electron chi connectivity index (χ0n) is 7.10. The Balaban J connectivity index is 2.29. The molecule has 0 bridgehead atoms. The predicted molar refractivity (Wildman–Crippen MR) is 45.7 cm³/mol. The van der Waals surface area contributed by atoms with Gasteiger partial charge in [0.25, 0.3) is 0 Å². The second-order valence-electron chi connectivity index (χ2n) is 3.50. The summed E-state index contributed by atoms with van der Waals surface area (Å²) in [5.74, 6) is 1.96. The summed E-state index contributed by atoms with van der Waals surface area (Å²) >= 11 is 0. The second kappa shape index (κ2) is 4.00. The molecule has 0 spiro atoms. The Kier molecular flexibility index (Phi) is 3.24. The van der Waals surface area contributed by atoms with E-state index in [0.717, 1.165) is 18.3 Å². The monoisotopic (exact) mass is 139 g/mol. The van der Waals surface area contributed by atoms with Crippen LogP contribution in [0.1, 0.15) is 45.4 Å². The highest BCUT2D eigenvalue weighted by Crippen LogP contribution is 2.34. The molecule has 1 rings (SSSR count). The third-order valence-corrected chi connectivity index (χ3v) is 2.96. The first-order chi connectivity index (χ1) is 4.88. The van der Waals surface area contributed by atoms with E-state index >= 15 is 0 Å². The minimum Gasteiger partial charge on any atom is -0.0651 e. The summed E-state index contributed by atoms with van der Waals surface area (Å²) in [5.41, 5.74) is 0. The minimum absolute atomic E-state index is 0.933. The zero-order chi connectivity index (χ0) is 7.40. The normalized spacial score (nSPS) is 20.7. The van der Waals surface area contributed by atoms with Crippen molar-refractivity contribution in [1.82, 2.24) is 0 Å². The van der Waals surface area contributed by atoms with Crippen LogP contribution < -0.4 is 0 Å². The van der Waals surface area contributed by atoms with Crippen molar-refractivity contribution in [2.24, 2.45) is 11.8 Å².